The zero-order valence-corrected chi connectivity index (χ0v) is 20.1. The number of benzene rings is 2. The van der Waals surface area contributed by atoms with E-state index in [0.29, 0.717) is 13.0 Å². The van der Waals surface area contributed by atoms with E-state index in [1.54, 1.807) is 11.3 Å². The van der Waals surface area contributed by atoms with Crippen LogP contribution in [0.4, 0.5) is 5.69 Å². The molecule has 2 aliphatic rings. The number of hydrogen-bond donors (Lipinski definition) is 1. The van der Waals surface area contributed by atoms with E-state index in [-0.39, 0.29) is 11.8 Å². The Bertz CT molecular complexity index is 1320. The molecular formula is C27H28N4O2S. The van der Waals surface area contributed by atoms with Gasteiger partial charge in [-0.1, -0.05) is 12.1 Å². The minimum atomic E-state index is -0.150. The molecule has 2 aromatic heterocycles. The second-order valence-corrected chi connectivity index (χ2v) is 10.0. The fraction of sp³-hybridized carbons (Fsp3) is 0.333. The summed E-state index contributed by atoms with van der Waals surface area (Å²) in [5.41, 5.74) is 6.11. The van der Waals surface area contributed by atoms with Crippen molar-refractivity contribution in [1.82, 2.24) is 15.1 Å². The van der Waals surface area contributed by atoms with Gasteiger partial charge in [0.1, 0.15) is 18.1 Å². The molecule has 174 valence electrons. The van der Waals surface area contributed by atoms with E-state index in [9.17, 15) is 4.79 Å². The summed E-state index contributed by atoms with van der Waals surface area (Å²) in [6, 6.07) is 14.4. The molecule has 4 heterocycles. The van der Waals surface area contributed by atoms with Crippen LogP contribution >= 0.6 is 11.3 Å². The summed E-state index contributed by atoms with van der Waals surface area (Å²) in [7, 11) is 2.08. The zero-order chi connectivity index (χ0) is 23.1. The maximum absolute atomic E-state index is 13.5. The normalized spacial score (nSPS) is 17.0. The van der Waals surface area contributed by atoms with Crippen LogP contribution in [-0.4, -0.2) is 54.2 Å². The van der Waals surface area contributed by atoms with Crippen molar-refractivity contribution in [2.45, 2.75) is 25.3 Å². The van der Waals surface area contributed by atoms with Crippen molar-refractivity contribution < 1.29 is 9.53 Å². The molecule has 1 saturated heterocycles. The van der Waals surface area contributed by atoms with Crippen molar-refractivity contribution in [1.29, 1.82) is 0 Å². The maximum Gasteiger partial charge on any atom is 0.158 e. The lowest BCUT2D eigenvalue weighted by atomic mass is 9.97. The summed E-state index contributed by atoms with van der Waals surface area (Å²) in [5.74, 6) is 1.15. The van der Waals surface area contributed by atoms with Gasteiger partial charge < -0.3 is 9.64 Å². The van der Waals surface area contributed by atoms with Crippen LogP contribution in [-0.2, 0) is 11.2 Å². The Balaban J connectivity index is 1.31. The second-order valence-electron chi connectivity index (χ2n) is 9.25. The van der Waals surface area contributed by atoms with Gasteiger partial charge in [0.05, 0.1) is 23.8 Å². The first-order valence-electron chi connectivity index (χ1n) is 11.9. The first-order chi connectivity index (χ1) is 16.7. The van der Waals surface area contributed by atoms with E-state index in [0.717, 1.165) is 64.4 Å². The van der Waals surface area contributed by atoms with Crippen molar-refractivity contribution in [3.63, 3.8) is 0 Å². The molecule has 1 unspecified atom stereocenters. The summed E-state index contributed by atoms with van der Waals surface area (Å²) < 4.78 is 5.90. The van der Waals surface area contributed by atoms with Gasteiger partial charge in [0, 0.05) is 24.4 Å². The third kappa shape index (κ3) is 3.89. The maximum atomic E-state index is 13.5. The molecule has 0 aliphatic carbocycles. The van der Waals surface area contributed by atoms with Crippen LogP contribution in [0.2, 0.25) is 0 Å². The molecule has 6 rings (SSSR count). The number of ether oxygens (including phenoxy) is 1. The van der Waals surface area contributed by atoms with Gasteiger partial charge in [-0.25, -0.2) is 0 Å². The van der Waals surface area contributed by atoms with E-state index in [4.69, 9.17) is 4.74 Å². The second kappa shape index (κ2) is 8.89. The molecule has 2 aromatic carbocycles. The molecule has 34 heavy (non-hydrogen) atoms. The van der Waals surface area contributed by atoms with Crippen LogP contribution in [0.15, 0.2) is 53.2 Å². The monoisotopic (exact) mass is 472 g/mol. The van der Waals surface area contributed by atoms with Crippen LogP contribution in [0.1, 0.15) is 30.0 Å². The molecule has 0 amide bonds. The van der Waals surface area contributed by atoms with Crippen molar-refractivity contribution in [3.05, 3.63) is 64.4 Å². The fourth-order valence-corrected chi connectivity index (χ4v) is 5.90. The number of nitrogens with one attached hydrogen (secondary N) is 1. The molecule has 6 nitrogen and oxygen atoms in total. The number of anilines is 1. The molecule has 0 bridgehead atoms. The summed E-state index contributed by atoms with van der Waals surface area (Å²) in [4.78, 5) is 18.1. The average Bonchev–Trinajstić information content (AvgIpc) is 3.62. The topological polar surface area (TPSA) is 61.5 Å². The molecule has 0 radical (unpaired) electrons. The van der Waals surface area contributed by atoms with Crippen molar-refractivity contribution in [2.24, 2.45) is 0 Å². The quantitative estimate of drug-likeness (QED) is 0.425. The molecule has 4 aromatic rings. The number of fused-ring (bicyclic) bond motifs is 2. The first kappa shape index (κ1) is 21.4. The summed E-state index contributed by atoms with van der Waals surface area (Å²) >= 11 is 1.66. The molecule has 1 atom stereocenters. The number of carbonyl (C=O) groups is 1. The highest BCUT2D eigenvalue weighted by Crippen LogP contribution is 2.37. The smallest absolute Gasteiger partial charge is 0.158 e. The average molecular weight is 473 g/mol. The largest absolute Gasteiger partial charge is 0.490 e. The molecular weight excluding hydrogens is 444 g/mol. The Morgan fingerprint density at radius 1 is 1.15 bits per heavy atom. The first-order valence-corrected chi connectivity index (χ1v) is 12.9. The molecule has 0 spiro atoms. The highest BCUT2D eigenvalue weighted by molar-refractivity contribution is 7.08. The predicted molar refractivity (Wildman–Crippen MR) is 137 cm³/mol. The highest BCUT2D eigenvalue weighted by atomic mass is 32.1. The Morgan fingerprint density at radius 2 is 2.03 bits per heavy atom. The van der Waals surface area contributed by atoms with Gasteiger partial charge in [-0.05, 0) is 78.2 Å². The summed E-state index contributed by atoms with van der Waals surface area (Å²) in [5, 5.41) is 13.0. The zero-order valence-electron chi connectivity index (χ0n) is 19.3. The standard InChI is InChI=1S/C27H28N4O2S/c1-30-11-12-33-25-16-19(5-7-23(25)30)26-21-14-18(4-6-22(21)28-29-26)15-24(32)27(20-8-13-34-17-20)31-9-2-3-10-31/h4-8,13-14,16-17,27H,2-3,9-12,15H2,1H3,(H,28,29). The van der Waals surface area contributed by atoms with Crippen LogP contribution in [0.25, 0.3) is 22.2 Å². The molecule has 1 N–H and O–H groups in total. The molecule has 2 aliphatic heterocycles. The van der Waals surface area contributed by atoms with Gasteiger partial charge >= 0.3 is 0 Å². The third-order valence-electron chi connectivity index (χ3n) is 7.00. The minimum Gasteiger partial charge on any atom is -0.490 e. The number of ketones is 1. The fourth-order valence-electron chi connectivity index (χ4n) is 5.23. The van der Waals surface area contributed by atoms with Gasteiger partial charge in [-0.3, -0.25) is 14.8 Å². The number of likely N-dealkylation sites (tertiary alicyclic amines) is 1. The SMILES string of the molecule is CN1CCOc2cc(-c3n[nH]c4ccc(CC(=O)C(c5ccsc5)N5CCCC5)cc34)ccc21. The molecule has 7 heteroatoms. The Labute approximate surface area is 203 Å². The van der Waals surface area contributed by atoms with Gasteiger partial charge in [-0.15, -0.1) is 0 Å². The number of Topliss-reactive ketones (excluding diaryl/α,β-unsaturated/α-hetero) is 1. The van der Waals surface area contributed by atoms with Crippen LogP contribution in [0, 0.1) is 0 Å². The van der Waals surface area contributed by atoms with Crippen LogP contribution in [0.3, 0.4) is 0 Å². The minimum absolute atomic E-state index is 0.150. The van der Waals surface area contributed by atoms with E-state index in [2.05, 4.69) is 68.1 Å². The van der Waals surface area contributed by atoms with Crippen molar-refractivity contribution >= 4 is 33.7 Å². The molecule has 1 fully saturated rings. The summed E-state index contributed by atoms with van der Waals surface area (Å²) in [6.07, 6.45) is 2.74. The number of hydrogen-bond acceptors (Lipinski definition) is 6. The number of nitrogens with zero attached hydrogens (tertiary/aromatic N) is 3. The number of aromatic nitrogens is 2. The number of likely N-dealkylation sites (N-methyl/N-ethyl adjacent to an activating group) is 1. The van der Waals surface area contributed by atoms with Gasteiger partial charge in [0.25, 0.3) is 0 Å². The van der Waals surface area contributed by atoms with Crippen molar-refractivity contribution in [2.75, 3.05) is 38.2 Å². The summed E-state index contributed by atoms with van der Waals surface area (Å²) in [6.45, 7) is 3.56. The lowest BCUT2D eigenvalue weighted by Gasteiger charge is -2.27. The lowest BCUT2D eigenvalue weighted by molar-refractivity contribution is -0.123. The lowest BCUT2D eigenvalue weighted by Crippen LogP contribution is -2.32. The number of rotatable bonds is 6. The Morgan fingerprint density at radius 3 is 2.85 bits per heavy atom. The van der Waals surface area contributed by atoms with Gasteiger partial charge in [-0.2, -0.15) is 16.4 Å². The van der Waals surface area contributed by atoms with E-state index in [1.165, 1.54) is 12.8 Å². The van der Waals surface area contributed by atoms with Crippen LogP contribution < -0.4 is 9.64 Å². The van der Waals surface area contributed by atoms with Gasteiger partial charge in [0.2, 0.25) is 0 Å². The highest BCUT2D eigenvalue weighted by Gasteiger charge is 2.30. The molecule has 0 saturated carbocycles. The Hall–Kier alpha value is -3.16. The third-order valence-corrected chi connectivity index (χ3v) is 7.71. The van der Waals surface area contributed by atoms with E-state index in [1.807, 2.05) is 12.1 Å². The van der Waals surface area contributed by atoms with Gasteiger partial charge in [0.15, 0.2) is 5.78 Å². The number of thiophene rings is 1. The Kier molecular flexibility index (Phi) is 5.59. The van der Waals surface area contributed by atoms with Crippen LogP contribution in [0.5, 0.6) is 5.75 Å². The van der Waals surface area contributed by atoms with Crippen molar-refractivity contribution in [3.8, 4) is 17.0 Å². The number of H-pyrrole nitrogens is 1. The number of carbonyl (C=O) groups excluding carboxylic acids is 1. The van der Waals surface area contributed by atoms with E-state index >= 15 is 0 Å². The number of aromatic amines is 1. The van der Waals surface area contributed by atoms with E-state index < -0.39 is 0 Å². The predicted octanol–water partition coefficient (Wildman–Crippen LogP) is 5.07.